The number of hydrogen-bond donors (Lipinski definition) is 2. The van der Waals surface area contributed by atoms with Crippen LogP contribution < -0.4 is 15.6 Å². The molecule has 2 N–H and O–H groups in total. The smallest absolute Gasteiger partial charge is 0.267 e. The van der Waals surface area contributed by atoms with Crippen LogP contribution in [0.5, 0.6) is 5.75 Å². The Bertz CT molecular complexity index is 566. The van der Waals surface area contributed by atoms with Crippen LogP contribution in [0.4, 0.5) is 0 Å². The normalized spacial score (nSPS) is 11.7. The molecule has 1 rings (SSSR count). The molecule has 7 heteroatoms. The number of benzene rings is 1. The van der Waals surface area contributed by atoms with Crippen molar-refractivity contribution in [2.75, 3.05) is 13.2 Å². The van der Waals surface area contributed by atoms with Crippen LogP contribution in [-0.4, -0.2) is 31.1 Å². The largest absolute Gasteiger partial charge is 0.493 e. The van der Waals surface area contributed by atoms with E-state index in [2.05, 4.69) is 10.9 Å². The second-order valence-corrected chi connectivity index (χ2v) is 6.20. The Hall–Kier alpha value is -1.79. The van der Waals surface area contributed by atoms with Gasteiger partial charge in [0.05, 0.1) is 6.61 Å². The number of nitrogens with one attached hydrogen (secondary N) is 2. The molecule has 1 aromatic rings. The Balaban J connectivity index is 2.17. The molecule has 0 aliphatic rings. The minimum Gasteiger partial charge on any atom is -0.493 e. The van der Waals surface area contributed by atoms with Crippen LogP contribution in [-0.2, 0) is 14.3 Å². The van der Waals surface area contributed by atoms with E-state index in [9.17, 15) is 9.59 Å². The van der Waals surface area contributed by atoms with Gasteiger partial charge in [-0.2, -0.15) is 0 Å². The van der Waals surface area contributed by atoms with Gasteiger partial charge in [-0.3, -0.25) is 20.4 Å². The number of carbonyl (C=O) groups excluding carboxylic acids is 2. The molecule has 0 fully saturated rings. The lowest BCUT2D eigenvalue weighted by atomic mass is 10.2. The van der Waals surface area contributed by atoms with Gasteiger partial charge in [-0.05, 0) is 50.5 Å². The summed E-state index contributed by atoms with van der Waals surface area (Å²) in [6.07, 6.45) is 2.09. The van der Waals surface area contributed by atoms with Gasteiger partial charge in [0, 0.05) is 18.1 Å². The summed E-state index contributed by atoms with van der Waals surface area (Å²) in [5.74, 6) is 0.110. The Morgan fingerprint density at radius 3 is 2.64 bits per heavy atom. The highest BCUT2D eigenvalue weighted by Gasteiger charge is 2.13. The van der Waals surface area contributed by atoms with E-state index in [0.29, 0.717) is 24.7 Å². The molecule has 0 radical (unpaired) electrons. The van der Waals surface area contributed by atoms with Crippen LogP contribution in [0.3, 0.4) is 0 Å². The summed E-state index contributed by atoms with van der Waals surface area (Å²) < 4.78 is 11.0. The van der Waals surface area contributed by atoms with Crippen molar-refractivity contribution in [3.8, 4) is 5.75 Å². The van der Waals surface area contributed by atoms with Crippen LogP contribution in [0, 0.1) is 6.92 Å². The van der Waals surface area contributed by atoms with Crippen molar-refractivity contribution in [3.05, 3.63) is 28.8 Å². The van der Waals surface area contributed by atoms with Crippen molar-refractivity contribution < 1.29 is 19.1 Å². The van der Waals surface area contributed by atoms with Crippen LogP contribution in [0.15, 0.2) is 18.2 Å². The van der Waals surface area contributed by atoms with E-state index in [0.717, 1.165) is 24.2 Å². The highest BCUT2D eigenvalue weighted by molar-refractivity contribution is 6.30. The standard InChI is InChI=1S/C18H27ClN2O4/c1-4-5-10-24-14(3)18(23)21-20-17(22)7-6-11-25-16-9-8-15(19)12-13(16)2/h8-9,12,14H,4-7,10-11H2,1-3H3,(H,20,22)(H,21,23). The molecule has 0 saturated heterocycles. The molecular weight excluding hydrogens is 344 g/mol. The molecule has 0 aliphatic carbocycles. The number of rotatable bonds is 10. The Morgan fingerprint density at radius 1 is 1.20 bits per heavy atom. The maximum Gasteiger partial charge on any atom is 0.267 e. The number of aryl methyl sites for hydroxylation is 1. The average Bonchev–Trinajstić information content (AvgIpc) is 2.58. The Morgan fingerprint density at radius 2 is 1.96 bits per heavy atom. The lowest BCUT2D eigenvalue weighted by Crippen LogP contribution is -2.46. The Labute approximate surface area is 154 Å². The van der Waals surface area contributed by atoms with Crippen molar-refractivity contribution >= 4 is 23.4 Å². The SMILES string of the molecule is CCCCOC(C)C(=O)NNC(=O)CCCOc1ccc(Cl)cc1C. The van der Waals surface area contributed by atoms with Crippen molar-refractivity contribution in [1.82, 2.24) is 10.9 Å². The molecule has 0 bridgehead atoms. The van der Waals surface area contributed by atoms with Crippen LogP contribution in [0.1, 0.15) is 45.1 Å². The van der Waals surface area contributed by atoms with Crippen molar-refractivity contribution in [1.29, 1.82) is 0 Å². The summed E-state index contributed by atoms with van der Waals surface area (Å²) in [5.41, 5.74) is 5.69. The van der Waals surface area contributed by atoms with E-state index in [1.54, 1.807) is 19.1 Å². The lowest BCUT2D eigenvalue weighted by molar-refractivity contribution is -0.136. The zero-order valence-corrected chi connectivity index (χ0v) is 15.8. The number of halogens is 1. The predicted molar refractivity (Wildman–Crippen MR) is 97.5 cm³/mol. The molecule has 0 saturated carbocycles. The molecule has 140 valence electrons. The first-order valence-corrected chi connectivity index (χ1v) is 8.91. The molecule has 1 unspecified atom stereocenters. The number of hydrogen-bond acceptors (Lipinski definition) is 4. The van der Waals surface area contributed by atoms with Gasteiger partial charge in [-0.15, -0.1) is 0 Å². The third-order valence-electron chi connectivity index (χ3n) is 3.50. The average molecular weight is 371 g/mol. The molecule has 0 aliphatic heterocycles. The summed E-state index contributed by atoms with van der Waals surface area (Å²) in [6.45, 7) is 6.54. The molecule has 0 spiro atoms. The van der Waals surface area contributed by atoms with E-state index in [4.69, 9.17) is 21.1 Å². The monoisotopic (exact) mass is 370 g/mol. The summed E-state index contributed by atoms with van der Waals surface area (Å²) >= 11 is 5.89. The maximum atomic E-state index is 11.7. The lowest BCUT2D eigenvalue weighted by Gasteiger charge is -2.14. The van der Waals surface area contributed by atoms with Gasteiger partial charge in [0.15, 0.2) is 0 Å². The predicted octanol–water partition coefficient (Wildman–Crippen LogP) is 3.16. The molecule has 25 heavy (non-hydrogen) atoms. The van der Waals surface area contributed by atoms with Crippen molar-refractivity contribution in [2.45, 2.75) is 52.6 Å². The quantitative estimate of drug-likeness (QED) is 0.490. The molecule has 0 heterocycles. The van der Waals surface area contributed by atoms with E-state index in [1.807, 2.05) is 19.9 Å². The zero-order valence-electron chi connectivity index (χ0n) is 15.1. The van der Waals surface area contributed by atoms with Gasteiger partial charge in [-0.25, -0.2) is 0 Å². The van der Waals surface area contributed by atoms with E-state index in [1.165, 1.54) is 0 Å². The second kappa shape index (κ2) is 11.7. The van der Waals surface area contributed by atoms with Gasteiger partial charge in [0.2, 0.25) is 5.91 Å². The van der Waals surface area contributed by atoms with Crippen LogP contribution >= 0.6 is 11.6 Å². The molecular formula is C18H27ClN2O4. The summed E-state index contributed by atoms with van der Waals surface area (Å²) in [5, 5.41) is 0.660. The maximum absolute atomic E-state index is 11.7. The molecule has 0 aromatic heterocycles. The fraction of sp³-hybridized carbons (Fsp3) is 0.556. The first-order valence-electron chi connectivity index (χ1n) is 8.53. The summed E-state index contributed by atoms with van der Waals surface area (Å²) in [7, 11) is 0. The summed E-state index contributed by atoms with van der Waals surface area (Å²) in [4.78, 5) is 23.4. The van der Waals surface area contributed by atoms with Gasteiger partial charge in [0.25, 0.3) is 5.91 Å². The van der Waals surface area contributed by atoms with Gasteiger partial charge >= 0.3 is 0 Å². The number of ether oxygens (including phenoxy) is 2. The van der Waals surface area contributed by atoms with Crippen LogP contribution in [0.2, 0.25) is 5.02 Å². The third kappa shape index (κ3) is 8.74. The highest BCUT2D eigenvalue weighted by Crippen LogP contribution is 2.21. The fourth-order valence-corrected chi connectivity index (χ4v) is 2.19. The van der Waals surface area contributed by atoms with E-state index in [-0.39, 0.29) is 18.2 Å². The van der Waals surface area contributed by atoms with Gasteiger partial charge < -0.3 is 9.47 Å². The summed E-state index contributed by atoms with van der Waals surface area (Å²) in [6, 6.07) is 5.39. The number of unbranched alkanes of at least 4 members (excludes halogenated alkanes) is 1. The topological polar surface area (TPSA) is 76.7 Å². The van der Waals surface area contributed by atoms with Crippen molar-refractivity contribution in [2.24, 2.45) is 0 Å². The van der Waals surface area contributed by atoms with Crippen LogP contribution in [0.25, 0.3) is 0 Å². The fourth-order valence-electron chi connectivity index (χ4n) is 1.97. The highest BCUT2D eigenvalue weighted by atomic mass is 35.5. The number of carbonyl (C=O) groups is 2. The first kappa shape index (κ1) is 21.3. The van der Waals surface area contributed by atoms with Gasteiger partial charge in [-0.1, -0.05) is 24.9 Å². The minimum atomic E-state index is -0.594. The van der Waals surface area contributed by atoms with Crippen molar-refractivity contribution in [3.63, 3.8) is 0 Å². The third-order valence-corrected chi connectivity index (χ3v) is 3.74. The number of amides is 2. The molecule has 1 atom stereocenters. The molecule has 2 amide bonds. The van der Waals surface area contributed by atoms with Gasteiger partial charge in [0.1, 0.15) is 11.9 Å². The second-order valence-electron chi connectivity index (χ2n) is 5.77. The zero-order chi connectivity index (χ0) is 18.7. The Kier molecular flexibility index (Phi) is 9.96. The number of hydrazine groups is 1. The van der Waals surface area contributed by atoms with E-state index >= 15 is 0 Å². The molecule has 1 aromatic carbocycles. The first-order chi connectivity index (χ1) is 11.9. The molecule has 6 nitrogen and oxygen atoms in total. The van der Waals surface area contributed by atoms with E-state index < -0.39 is 6.10 Å². The minimum absolute atomic E-state index is 0.248.